The third-order valence-electron chi connectivity index (χ3n) is 2.64. The van der Waals surface area contributed by atoms with Crippen molar-refractivity contribution in [3.05, 3.63) is 33.9 Å². The molecule has 0 saturated heterocycles. The number of non-ortho nitro benzene ring substituents is 1. The Hall–Kier alpha value is -1.66. The van der Waals surface area contributed by atoms with E-state index in [-0.39, 0.29) is 5.69 Å². The summed E-state index contributed by atoms with van der Waals surface area (Å²) in [7, 11) is 0. The molecule has 6 heteroatoms. The molecule has 0 aliphatic carbocycles. The second-order valence-electron chi connectivity index (χ2n) is 4.29. The van der Waals surface area contributed by atoms with Crippen molar-refractivity contribution in [3.63, 3.8) is 0 Å². The molecule has 0 aliphatic heterocycles. The summed E-state index contributed by atoms with van der Waals surface area (Å²) in [6, 6.07) is 4.75. The highest BCUT2D eigenvalue weighted by Crippen LogP contribution is 2.22. The Morgan fingerprint density at radius 2 is 1.95 bits per heavy atom. The van der Waals surface area contributed by atoms with Crippen LogP contribution in [0.4, 0.5) is 11.4 Å². The first-order valence-corrected chi connectivity index (χ1v) is 6.85. The lowest BCUT2D eigenvalue weighted by atomic mass is 10.1. The van der Waals surface area contributed by atoms with Gasteiger partial charge in [-0.2, -0.15) is 0 Å². The maximum Gasteiger partial charge on any atom is 0.269 e. The van der Waals surface area contributed by atoms with Gasteiger partial charge >= 0.3 is 0 Å². The molecule has 112 valence electrons. The van der Waals surface area contributed by atoms with E-state index in [0.29, 0.717) is 19.8 Å². The maximum absolute atomic E-state index is 10.8. The molecule has 0 bridgehead atoms. The summed E-state index contributed by atoms with van der Waals surface area (Å²) in [5.41, 5.74) is 1.73. The summed E-state index contributed by atoms with van der Waals surface area (Å²) in [6.07, 6.45) is 0.982. The zero-order valence-corrected chi connectivity index (χ0v) is 12.1. The van der Waals surface area contributed by atoms with Crippen LogP contribution < -0.4 is 5.32 Å². The predicted octanol–water partition coefficient (Wildman–Crippen LogP) is 2.97. The third kappa shape index (κ3) is 5.54. The second kappa shape index (κ2) is 9.28. The number of nitro groups is 1. The summed E-state index contributed by atoms with van der Waals surface area (Å²) in [6.45, 7) is 6.86. The van der Waals surface area contributed by atoms with E-state index in [0.717, 1.165) is 30.8 Å². The number of ether oxygens (including phenoxy) is 2. The molecular formula is C14H22N2O4. The van der Waals surface area contributed by atoms with Crippen LogP contribution in [0.5, 0.6) is 0 Å². The van der Waals surface area contributed by atoms with Crippen LogP contribution in [0.1, 0.15) is 25.8 Å². The quantitative estimate of drug-likeness (QED) is 0.406. The Morgan fingerprint density at radius 1 is 1.20 bits per heavy atom. The van der Waals surface area contributed by atoms with Gasteiger partial charge < -0.3 is 14.8 Å². The van der Waals surface area contributed by atoms with E-state index >= 15 is 0 Å². The molecule has 0 unspecified atom stereocenters. The van der Waals surface area contributed by atoms with Gasteiger partial charge in [-0.3, -0.25) is 10.1 Å². The third-order valence-corrected chi connectivity index (χ3v) is 2.64. The van der Waals surface area contributed by atoms with E-state index in [9.17, 15) is 10.1 Å². The molecule has 1 aromatic carbocycles. The zero-order valence-electron chi connectivity index (χ0n) is 12.1. The van der Waals surface area contributed by atoms with Gasteiger partial charge in [-0.05, 0) is 19.4 Å². The monoisotopic (exact) mass is 282 g/mol. The number of nitrogens with zero attached hydrogens (tertiary/aromatic N) is 1. The standard InChI is InChI=1S/C14H22N2O4/c1-3-7-19-8-9-20-11-12-10-13(16(17)18)5-6-14(12)15-4-2/h5-6,10,15H,3-4,7-9,11H2,1-2H3. The van der Waals surface area contributed by atoms with Gasteiger partial charge in [0.1, 0.15) is 0 Å². The molecule has 1 N–H and O–H groups in total. The number of rotatable bonds is 10. The normalized spacial score (nSPS) is 10.5. The SMILES string of the molecule is CCCOCCOCc1cc([N+](=O)[O-])ccc1NCC. The van der Waals surface area contributed by atoms with Gasteiger partial charge in [-0.1, -0.05) is 6.92 Å². The van der Waals surface area contributed by atoms with Crippen molar-refractivity contribution in [1.29, 1.82) is 0 Å². The molecule has 0 atom stereocenters. The first-order valence-electron chi connectivity index (χ1n) is 6.85. The molecule has 0 saturated carbocycles. The molecule has 1 aromatic rings. The molecule has 0 heterocycles. The molecule has 6 nitrogen and oxygen atoms in total. The minimum absolute atomic E-state index is 0.0764. The number of benzene rings is 1. The summed E-state index contributed by atoms with van der Waals surface area (Å²) < 4.78 is 10.8. The molecule has 0 radical (unpaired) electrons. The van der Waals surface area contributed by atoms with Gasteiger partial charge in [-0.25, -0.2) is 0 Å². The van der Waals surface area contributed by atoms with Crippen molar-refractivity contribution >= 4 is 11.4 Å². The summed E-state index contributed by atoms with van der Waals surface area (Å²) in [4.78, 5) is 10.4. The van der Waals surface area contributed by atoms with Crippen molar-refractivity contribution in [2.75, 3.05) is 31.7 Å². The van der Waals surface area contributed by atoms with E-state index in [4.69, 9.17) is 9.47 Å². The van der Waals surface area contributed by atoms with Crippen LogP contribution in [0, 0.1) is 10.1 Å². The highest BCUT2D eigenvalue weighted by atomic mass is 16.6. The number of nitrogens with one attached hydrogen (secondary N) is 1. The molecule has 1 rings (SSSR count). The minimum Gasteiger partial charge on any atom is -0.385 e. The van der Waals surface area contributed by atoms with Gasteiger partial charge in [0.05, 0.1) is 24.7 Å². The highest BCUT2D eigenvalue weighted by Gasteiger charge is 2.10. The van der Waals surface area contributed by atoms with Crippen LogP contribution in [0.2, 0.25) is 0 Å². The average molecular weight is 282 g/mol. The molecule has 0 amide bonds. The Kier molecular flexibility index (Phi) is 7.60. The lowest BCUT2D eigenvalue weighted by Crippen LogP contribution is -2.07. The van der Waals surface area contributed by atoms with Crippen molar-refractivity contribution < 1.29 is 14.4 Å². The van der Waals surface area contributed by atoms with E-state index in [1.165, 1.54) is 6.07 Å². The van der Waals surface area contributed by atoms with Crippen molar-refractivity contribution in [2.45, 2.75) is 26.9 Å². The van der Waals surface area contributed by atoms with E-state index in [1.54, 1.807) is 12.1 Å². The van der Waals surface area contributed by atoms with Crippen LogP contribution in [0.25, 0.3) is 0 Å². The van der Waals surface area contributed by atoms with Gasteiger partial charge in [0.15, 0.2) is 0 Å². The number of nitro benzene ring substituents is 1. The largest absolute Gasteiger partial charge is 0.385 e. The van der Waals surface area contributed by atoms with E-state index in [1.807, 2.05) is 13.8 Å². The topological polar surface area (TPSA) is 73.6 Å². The van der Waals surface area contributed by atoms with Crippen LogP contribution >= 0.6 is 0 Å². The molecule has 0 aromatic heterocycles. The second-order valence-corrected chi connectivity index (χ2v) is 4.29. The molecule has 0 aliphatic rings. The van der Waals surface area contributed by atoms with Gasteiger partial charge in [0.2, 0.25) is 0 Å². The predicted molar refractivity (Wildman–Crippen MR) is 78.0 cm³/mol. The number of hydrogen-bond donors (Lipinski definition) is 1. The number of hydrogen-bond acceptors (Lipinski definition) is 5. The summed E-state index contributed by atoms with van der Waals surface area (Å²) in [5.74, 6) is 0. The maximum atomic E-state index is 10.8. The Balaban J connectivity index is 2.56. The van der Waals surface area contributed by atoms with Crippen LogP contribution in [-0.4, -0.2) is 31.3 Å². The van der Waals surface area contributed by atoms with Crippen LogP contribution in [0.3, 0.4) is 0 Å². The number of anilines is 1. The van der Waals surface area contributed by atoms with Gasteiger partial charge in [-0.15, -0.1) is 0 Å². The van der Waals surface area contributed by atoms with Crippen LogP contribution in [-0.2, 0) is 16.1 Å². The summed E-state index contributed by atoms with van der Waals surface area (Å²) >= 11 is 0. The van der Waals surface area contributed by atoms with Crippen LogP contribution in [0.15, 0.2) is 18.2 Å². The molecule has 0 spiro atoms. The fourth-order valence-corrected chi connectivity index (χ4v) is 1.72. The van der Waals surface area contributed by atoms with Gasteiger partial charge in [0.25, 0.3) is 5.69 Å². The zero-order chi connectivity index (χ0) is 14.8. The fraction of sp³-hybridized carbons (Fsp3) is 0.571. The smallest absolute Gasteiger partial charge is 0.269 e. The van der Waals surface area contributed by atoms with Crippen molar-refractivity contribution in [2.24, 2.45) is 0 Å². The Bertz CT molecular complexity index is 424. The first-order chi connectivity index (χ1) is 9.69. The summed E-state index contributed by atoms with van der Waals surface area (Å²) in [5, 5.41) is 14.0. The lowest BCUT2D eigenvalue weighted by molar-refractivity contribution is -0.384. The first kappa shape index (κ1) is 16.4. The highest BCUT2D eigenvalue weighted by molar-refractivity contribution is 5.55. The molecule has 0 fully saturated rings. The minimum atomic E-state index is -0.399. The Morgan fingerprint density at radius 3 is 2.60 bits per heavy atom. The van der Waals surface area contributed by atoms with E-state index < -0.39 is 4.92 Å². The Labute approximate surface area is 119 Å². The van der Waals surface area contributed by atoms with Gasteiger partial charge in [0, 0.05) is 36.5 Å². The van der Waals surface area contributed by atoms with Crippen molar-refractivity contribution in [1.82, 2.24) is 0 Å². The van der Waals surface area contributed by atoms with Crippen molar-refractivity contribution in [3.8, 4) is 0 Å². The lowest BCUT2D eigenvalue weighted by Gasteiger charge is -2.11. The average Bonchev–Trinajstić information content (AvgIpc) is 2.44. The van der Waals surface area contributed by atoms with E-state index in [2.05, 4.69) is 5.32 Å². The molecular weight excluding hydrogens is 260 g/mol. The fourth-order valence-electron chi connectivity index (χ4n) is 1.72. The molecule has 20 heavy (non-hydrogen) atoms.